The number of nitrogens with zero attached hydrogens (tertiary/aromatic N) is 2. The smallest absolute Gasteiger partial charge is 0.316 e. The fourth-order valence-electron chi connectivity index (χ4n) is 2.09. The first-order valence-corrected chi connectivity index (χ1v) is 9.31. The Morgan fingerprint density at radius 1 is 1.26 bits per heavy atom. The van der Waals surface area contributed by atoms with Crippen LogP contribution >= 0.6 is 11.8 Å². The number of carbonyl (C=O) groups is 3. The summed E-state index contributed by atoms with van der Waals surface area (Å²) in [4.78, 5) is 41.0. The number of rotatable bonds is 7. The average molecular weight is 393 g/mol. The molecule has 0 aliphatic rings. The molecule has 0 bridgehead atoms. The predicted octanol–water partition coefficient (Wildman–Crippen LogP) is 1.84. The van der Waals surface area contributed by atoms with E-state index >= 15 is 0 Å². The Balaban J connectivity index is 1.72. The summed E-state index contributed by atoms with van der Waals surface area (Å²) in [6.07, 6.45) is 0. The fraction of sp³-hybridized carbons (Fsp3) is 0.444. The summed E-state index contributed by atoms with van der Waals surface area (Å²) in [5.74, 6) is -1.34. The molecule has 0 aliphatic heterocycles. The van der Waals surface area contributed by atoms with E-state index in [4.69, 9.17) is 9.15 Å². The minimum atomic E-state index is -0.567. The van der Waals surface area contributed by atoms with Gasteiger partial charge < -0.3 is 19.4 Å². The van der Waals surface area contributed by atoms with E-state index in [-0.39, 0.29) is 23.7 Å². The molecule has 1 heterocycles. The first-order chi connectivity index (χ1) is 12.6. The molecule has 0 saturated carbocycles. The predicted molar refractivity (Wildman–Crippen MR) is 101 cm³/mol. The van der Waals surface area contributed by atoms with Crippen molar-refractivity contribution in [2.45, 2.75) is 31.5 Å². The third-order valence-corrected chi connectivity index (χ3v) is 4.07. The lowest BCUT2D eigenvalue weighted by molar-refractivity contribution is -0.149. The maximum atomic E-state index is 12.0. The first kappa shape index (κ1) is 20.8. The number of carbonyl (C=O) groups excluding carboxylic acids is 3. The number of benzene rings is 1. The Labute approximate surface area is 161 Å². The van der Waals surface area contributed by atoms with Crippen molar-refractivity contribution < 1.29 is 23.5 Å². The summed E-state index contributed by atoms with van der Waals surface area (Å²) in [5.41, 5.74) is 0.965. The SMILES string of the molecule is CN(CC(=O)NC(C)(C)C)C(=O)COC(=O)CSc1nc2ccccc2o1. The summed E-state index contributed by atoms with van der Waals surface area (Å²) < 4.78 is 10.4. The molecule has 0 radical (unpaired) electrons. The van der Waals surface area contributed by atoms with E-state index in [9.17, 15) is 14.4 Å². The monoisotopic (exact) mass is 393 g/mol. The highest BCUT2D eigenvalue weighted by molar-refractivity contribution is 7.99. The summed E-state index contributed by atoms with van der Waals surface area (Å²) >= 11 is 1.09. The topological polar surface area (TPSA) is 102 Å². The molecule has 1 aromatic carbocycles. The van der Waals surface area contributed by atoms with Gasteiger partial charge in [-0.1, -0.05) is 23.9 Å². The Kier molecular flexibility index (Phi) is 6.84. The third kappa shape index (κ3) is 6.93. The molecular formula is C18H23N3O5S. The van der Waals surface area contributed by atoms with Crippen molar-refractivity contribution in [2.75, 3.05) is 26.0 Å². The van der Waals surface area contributed by atoms with Crippen molar-refractivity contribution in [1.29, 1.82) is 0 Å². The standard InChI is InChI=1S/C18H23N3O5S/c1-18(2,3)20-14(22)9-21(4)15(23)10-25-16(24)11-27-17-19-12-7-5-6-8-13(12)26-17/h5-8H,9-11H2,1-4H3,(H,20,22). The maximum absolute atomic E-state index is 12.0. The number of hydrogen-bond donors (Lipinski definition) is 1. The molecule has 9 heteroatoms. The van der Waals surface area contributed by atoms with E-state index < -0.39 is 18.5 Å². The van der Waals surface area contributed by atoms with Gasteiger partial charge in [-0.05, 0) is 32.9 Å². The highest BCUT2D eigenvalue weighted by atomic mass is 32.2. The molecule has 0 atom stereocenters. The second-order valence-corrected chi connectivity index (χ2v) is 7.87. The number of ether oxygens (including phenoxy) is 1. The van der Waals surface area contributed by atoms with Crippen molar-refractivity contribution in [2.24, 2.45) is 0 Å². The van der Waals surface area contributed by atoms with Crippen LogP contribution in [0.1, 0.15) is 20.8 Å². The molecule has 2 aromatic rings. The second-order valence-electron chi connectivity index (χ2n) is 6.94. The van der Waals surface area contributed by atoms with Crippen LogP contribution in [0.15, 0.2) is 33.9 Å². The molecule has 0 aliphatic carbocycles. The van der Waals surface area contributed by atoms with E-state index in [0.29, 0.717) is 16.3 Å². The number of aromatic nitrogens is 1. The van der Waals surface area contributed by atoms with Crippen molar-refractivity contribution in [3.63, 3.8) is 0 Å². The molecule has 0 unspecified atom stereocenters. The number of oxazole rings is 1. The molecule has 8 nitrogen and oxygen atoms in total. The van der Waals surface area contributed by atoms with Crippen molar-refractivity contribution >= 4 is 40.6 Å². The number of amides is 2. The summed E-state index contributed by atoms with van der Waals surface area (Å²) in [6, 6.07) is 7.28. The molecule has 146 valence electrons. The number of likely N-dealkylation sites (N-methyl/N-ethyl adjacent to an activating group) is 1. The Morgan fingerprint density at radius 2 is 1.96 bits per heavy atom. The number of nitrogens with one attached hydrogen (secondary N) is 1. The molecule has 0 fully saturated rings. The van der Waals surface area contributed by atoms with Crippen LogP contribution in [-0.2, 0) is 19.1 Å². The highest BCUT2D eigenvalue weighted by Crippen LogP contribution is 2.23. The van der Waals surface area contributed by atoms with E-state index in [2.05, 4.69) is 10.3 Å². The number of esters is 1. The zero-order valence-corrected chi connectivity index (χ0v) is 16.6. The fourth-order valence-corrected chi connectivity index (χ4v) is 2.73. The number of hydrogen-bond acceptors (Lipinski definition) is 7. The molecule has 0 spiro atoms. The Morgan fingerprint density at radius 3 is 2.63 bits per heavy atom. The van der Waals surface area contributed by atoms with Gasteiger partial charge in [0.1, 0.15) is 11.3 Å². The molecule has 1 aromatic heterocycles. The summed E-state index contributed by atoms with van der Waals surface area (Å²) in [5, 5.41) is 3.11. The lowest BCUT2D eigenvalue weighted by Gasteiger charge is -2.23. The van der Waals surface area contributed by atoms with Gasteiger partial charge in [-0.2, -0.15) is 0 Å². The quantitative estimate of drug-likeness (QED) is 0.566. The number of para-hydroxylation sites is 2. The largest absolute Gasteiger partial charge is 0.455 e. The van der Waals surface area contributed by atoms with Crippen LogP contribution in [0.2, 0.25) is 0 Å². The minimum absolute atomic E-state index is 0.0334. The van der Waals surface area contributed by atoms with Gasteiger partial charge in [0.05, 0.1) is 6.54 Å². The van der Waals surface area contributed by atoms with Gasteiger partial charge in [0.15, 0.2) is 12.2 Å². The van der Waals surface area contributed by atoms with Crippen LogP contribution in [0.3, 0.4) is 0 Å². The van der Waals surface area contributed by atoms with Crippen molar-refractivity contribution in [3.05, 3.63) is 24.3 Å². The van der Waals surface area contributed by atoms with Gasteiger partial charge in [-0.25, -0.2) is 4.98 Å². The van der Waals surface area contributed by atoms with Gasteiger partial charge in [-0.15, -0.1) is 0 Å². The molecule has 0 saturated heterocycles. The zero-order chi connectivity index (χ0) is 20.0. The van der Waals surface area contributed by atoms with Crippen LogP contribution in [-0.4, -0.2) is 59.2 Å². The van der Waals surface area contributed by atoms with Crippen LogP contribution in [0, 0.1) is 0 Å². The Bertz CT molecular complexity index is 795. The van der Waals surface area contributed by atoms with Gasteiger partial charge in [0.25, 0.3) is 11.1 Å². The minimum Gasteiger partial charge on any atom is -0.455 e. The number of fused-ring (bicyclic) bond motifs is 1. The first-order valence-electron chi connectivity index (χ1n) is 8.33. The van der Waals surface area contributed by atoms with E-state index in [1.165, 1.54) is 11.9 Å². The summed E-state index contributed by atoms with van der Waals surface area (Å²) in [7, 11) is 1.48. The van der Waals surface area contributed by atoms with Crippen LogP contribution in [0.25, 0.3) is 11.1 Å². The van der Waals surface area contributed by atoms with Crippen molar-refractivity contribution in [3.8, 4) is 0 Å². The number of thioether (sulfide) groups is 1. The highest BCUT2D eigenvalue weighted by Gasteiger charge is 2.19. The van der Waals surface area contributed by atoms with E-state index in [1.54, 1.807) is 6.07 Å². The van der Waals surface area contributed by atoms with E-state index in [1.807, 2.05) is 39.0 Å². The molecule has 27 heavy (non-hydrogen) atoms. The molecular weight excluding hydrogens is 370 g/mol. The lowest BCUT2D eigenvalue weighted by Crippen LogP contribution is -2.46. The third-order valence-electron chi connectivity index (χ3n) is 3.27. The van der Waals surface area contributed by atoms with Gasteiger partial charge in [-0.3, -0.25) is 14.4 Å². The van der Waals surface area contributed by atoms with Crippen molar-refractivity contribution in [1.82, 2.24) is 15.2 Å². The van der Waals surface area contributed by atoms with Crippen LogP contribution in [0.5, 0.6) is 0 Å². The molecule has 2 amide bonds. The lowest BCUT2D eigenvalue weighted by atomic mass is 10.1. The van der Waals surface area contributed by atoms with E-state index in [0.717, 1.165) is 11.8 Å². The molecule has 1 N–H and O–H groups in total. The molecule has 2 rings (SSSR count). The van der Waals surface area contributed by atoms with Gasteiger partial charge in [0.2, 0.25) is 5.91 Å². The zero-order valence-electron chi connectivity index (χ0n) is 15.8. The normalized spacial score (nSPS) is 11.3. The van der Waals surface area contributed by atoms with Gasteiger partial charge in [0, 0.05) is 12.6 Å². The summed E-state index contributed by atoms with van der Waals surface area (Å²) in [6.45, 7) is 5.02. The second kappa shape index (κ2) is 8.90. The Hall–Kier alpha value is -2.55. The van der Waals surface area contributed by atoms with Crippen LogP contribution < -0.4 is 5.32 Å². The van der Waals surface area contributed by atoms with Crippen LogP contribution in [0.4, 0.5) is 0 Å². The van der Waals surface area contributed by atoms with Gasteiger partial charge >= 0.3 is 5.97 Å². The average Bonchev–Trinajstić information content (AvgIpc) is 2.98. The maximum Gasteiger partial charge on any atom is 0.316 e.